The van der Waals surface area contributed by atoms with E-state index in [1.807, 2.05) is 0 Å². The van der Waals surface area contributed by atoms with E-state index in [2.05, 4.69) is 10.6 Å². The number of rotatable bonds is 6. The molecule has 2 amide bonds. The maximum Gasteiger partial charge on any atom is 0.315 e. The summed E-state index contributed by atoms with van der Waals surface area (Å²) < 4.78 is 5.40. The SMILES string of the molecule is Cc1cc(C(C)(O)CNC(=O)NCc2ccc([N+](=O)[O-])cc2)c(C)o1. The third-order valence-electron chi connectivity index (χ3n) is 3.81. The molecule has 0 saturated carbocycles. The van der Waals surface area contributed by atoms with Gasteiger partial charge in [0.15, 0.2) is 0 Å². The highest BCUT2D eigenvalue weighted by atomic mass is 16.6. The van der Waals surface area contributed by atoms with Gasteiger partial charge in [-0.3, -0.25) is 10.1 Å². The molecule has 0 fully saturated rings. The number of hydrogen-bond donors (Lipinski definition) is 3. The highest BCUT2D eigenvalue weighted by molar-refractivity contribution is 5.74. The van der Waals surface area contributed by atoms with Crippen molar-refractivity contribution in [2.24, 2.45) is 0 Å². The Morgan fingerprint density at radius 3 is 2.44 bits per heavy atom. The number of nitrogens with zero attached hydrogens (tertiary/aromatic N) is 1. The van der Waals surface area contributed by atoms with Crippen molar-refractivity contribution in [2.75, 3.05) is 6.54 Å². The number of amides is 2. The van der Waals surface area contributed by atoms with Crippen molar-refractivity contribution in [3.8, 4) is 0 Å². The van der Waals surface area contributed by atoms with Gasteiger partial charge in [0, 0.05) is 24.2 Å². The highest BCUT2D eigenvalue weighted by Gasteiger charge is 2.28. The van der Waals surface area contributed by atoms with Crippen LogP contribution in [0, 0.1) is 24.0 Å². The fourth-order valence-electron chi connectivity index (χ4n) is 2.49. The van der Waals surface area contributed by atoms with Crippen LogP contribution >= 0.6 is 0 Å². The van der Waals surface area contributed by atoms with E-state index in [1.165, 1.54) is 12.1 Å². The molecule has 0 saturated heterocycles. The van der Waals surface area contributed by atoms with Crippen LogP contribution in [0.25, 0.3) is 0 Å². The average Bonchev–Trinajstić information content (AvgIpc) is 2.91. The maximum absolute atomic E-state index is 11.9. The van der Waals surface area contributed by atoms with Crippen LogP contribution in [0.2, 0.25) is 0 Å². The summed E-state index contributed by atoms with van der Waals surface area (Å²) in [6, 6.07) is 7.20. The number of aliphatic hydroxyl groups is 1. The number of non-ortho nitro benzene ring substituents is 1. The topological polar surface area (TPSA) is 118 Å². The van der Waals surface area contributed by atoms with Crippen molar-refractivity contribution < 1.29 is 19.2 Å². The first kappa shape index (κ1) is 18.5. The van der Waals surface area contributed by atoms with Gasteiger partial charge in [-0.1, -0.05) is 12.1 Å². The lowest BCUT2D eigenvalue weighted by molar-refractivity contribution is -0.384. The largest absolute Gasteiger partial charge is 0.466 e. The molecule has 2 rings (SSSR count). The Morgan fingerprint density at radius 2 is 1.92 bits per heavy atom. The molecule has 0 bridgehead atoms. The first-order valence-electron chi connectivity index (χ1n) is 7.74. The van der Waals surface area contributed by atoms with Gasteiger partial charge in [-0.2, -0.15) is 0 Å². The Balaban J connectivity index is 1.86. The third-order valence-corrected chi connectivity index (χ3v) is 3.81. The van der Waals surface area contributed by atoms with E-state index in [0.29, 0.717) is 17.1 Å². The van der Waals surface area contributed by atoms with Crippen molar-refractivity contribution in [1.29, 1.82) is 0 Å². The average molecular weight is 347 g/mol. The van der Waals surface area contributed by atoms with E-state index in [4.69, 9.17) is 4.42 Å². The van der Waals surface area contributed by atoms with Crippen LogP contribution < -0.4 is 10.6 Å². The number of urea groups is 1. The predicted octanol–water partition coefficient (Wildman–Crippen LogP) is 2.51. The zero-order chi connectivity index (χ0) is 18.6. The molecule has 134 valence electrons. The van der Waals surface area contributed by atoms with Gasteiger partial charge in [0.25, 0.3) is 5.69 Å². The van der Waals surface area contributed by atoms with Gasteiger partial charge in [0.05, 0.1) is 11.5 Å². The summed E-state index contributed by atoms with van der Waals surface area (Å²) in [5.41, 5.74) is 0.0940. The quantitative estimate of drug-likeness (QED) is 0.548. The molecule has 0 radical (unpaired) electrons. The predicted molar refractivity (Wildman–Crippen MR) is 91.1 cm³/mol. The number of furan rings is 1. The first-order valence-corrected chi connectivity index (χ1v) is 7.74. The zero-order valence-electron chi connectivity index (χ0n) is 14.3. The molecule has 0 aliphatic heterocycles. The van der Waals surface area contributed by atoms with Crippen LogP contribution in [0.3, 0.4) is 0 Å². The highest BCUT2D eigenvalue weighted by Crippen LogP contribution is 2.26. The Kier molecular flexibility index (Phi) is 5.43. The Morgan fingerprint density at radius 1 is 1.28 bits per heavy atom. The minimum Gasteiger partial charge on any atom is -0.466 e. The van der Waals surface area contributed by atoms with E-state index in [9.17, 15) is 20.0 Å². The Labute approximate surface area is 145 Å². The summed E-state index contributed by atoms with van der Waals surface area (Å²) in [5, 5.41) is 26.4. The number of nitrogens with one attached hydrogen (secondary N) is 2. The number of hydrogen-bond acceptors (Lipinski definition) is 5. The van der Waals surface area contributed by atoms with E-state index >= 15 is 0 Å². The van der Waals surface area contributed by atoms with Crippen LogP contribution in [0.5, 0.6) is 0 Å². The van der Waals surface area contributed by atoms with Crippen LogP contribution in [0.4, 0.5) is 10.5 Å². The van der Waals surface area contributed by atoms with E-state index in [-0.39, 0.29) is 18.8 Å². The maximum atomic E-state index is 11.9. The second-order valence-corrected chi connectivity index (χ2v) is 6.06. The minimum absolute atomic E-state index is 0.00461. The van der Waals surface area contributed by atoms with Gasteiger partial charge < -0.3 is 20.2 Å². The second kappa shape index (κ2) is 7.35. The molecular formula is C17H21N3O5. The molecule has 2 aromatic rings. The number of benzene rings is 1. The third kappa shape index (κ3) is 4.80. The zero-order valence-corrected chi connectivity index (χ0v) is 14.3. The van der Waals surface area contributed by atoms with Gasteiger partial charge in [-0.25, -0.2) is 4.79 Å². The number of nitro benzene ring substituents is 1. The molecule has 3 N–H and O–H groups in total. The molecule has 1 aromatic carbocycles. The number of aryl methyl sites for hydroxylation is 2. The first-order chi connectivity index (χ1) is 11.7. The summed E-state index contributed by atoms with van der Waals surface area (Å²) in [6.45, 7) is 5.37. The molecule has 0 aliphatic carbocycles. The van der Waals surface area contributed by atoms with Gasteiger partial charge in [-0.05, 0) is 32.4 Å². The van der Waals surface area contributed by atoms with Gasteiger partial charge in [0.1, 0.15) is 17.1 Å². The van der Waals surface area contributed by atoms with Gasteiger partial charge in [0.2, 0.25) is 0 Å². The van der Waals surface area contributed by atoms with Crippen molar-refractivity contribution in [1.82, 2.24) is 10.6 Å². The Bertz CT molecular complexity index is 765. The van der Waals surface area contributed by atoms with Gasteiger partial charge in [-0.15, -0.1) is 0 Å². The summed E-state index contributed by atoms with van der Waals surface area (Å²) in [5.74, 6) is 1.30. The molecule has 8 heteroatoms. The van der Waals surface area contributed by atoms with Crippen molar-refractivity contribution >= 4 is 11.7 Å². The number of nitro groups is 1. The van der Waals surface area contributed by atoms with Crippen LogP contribution in [-0.2, 0) is 12.1 Å². The fourth-order valence-corrected chi connectivity index (χ4v) is 2.49. The standard InChI is InChI=1S/C17H21N3O5/c1-11-8-15(12(2)25-11)17(3,22)10-19-16(21)18-9-13-4-6-14(7-5-13)20(23)24/h4-8,22H,9-10H2,1-3H3,(H2,18,19,21). The van der Waals surface area contributed by atoms with Gasteiger partial charge >= 0.3 is 6.03 Å². The molecule has 8 nitrogen and oxygen atoms in total. The lowest BCUT2D eigenvalue weighted by atomic mass is 9.96. The van der Waals surface area contributed by atoms with Crippen LogP contribution in [0.15, 0.2) is 34.7 Å². The van der Waals surface area contributed by atoms with E-state index < -0.39 is 16.6 Å². The lowest BCUT2D eigenvalue weighted by Crippen LogP contribution is -2.43. The lowest BCUT2D eigenvalue weighted by Gasteiger charge is -2.23. The van der Waals surface area contributed by atoms with Crippen molar-refractivity contribution in [2.45, 2.75) is 32.9 Å². The molecule has 25 heavy (non-hydrogen) atoms. The van der Waals surface area contributed by atoms with E-state index in [1.54, 1.807) is 39.0 Å². The summed E-state index contributed by atoms with van der Waals surface area (Å²) in [6.07, 6.45) is 0. The Hall–Kier alpha value is -2.87. The summed E-state index contributed by atoms with van der Waals surface area (Å²) in [4.78, 5) is 22.0. The molecule has 0 aliphatic rings. The monoisotopic (exact) mass is 347 g/mol. The molecular weight excluding hydrogens is 326 g/mol. The van der Waals surface area contributed by atoms with Crippen LogP contribution in [-0.4, -0.2) is 22.6 Å². The number of carbonyl (C=O) groups excluding carboxylic acids is 1. The van der Waals surface area contributed by atoms with Crippen molar-refractivity contribution in [3.63, 3.8) is 0 Å². The second-order valence-electron chi connectivity index (χ2n) is 6.06. The summed E-state index contributed by atoms with van der Waals surface area (Å²) in [7, 11) is 0. The van der Waals surface area contributed by atoms with E-state index in [0.717, 1.165) is 5.56 Å². The minimum atomic E-state index is -1.26. The molecule has 1 aromatic heterocycles. The fraction of sp³-hybridized carbons (Fsp3) is 0.353. The van der Waals surface area contributed by atoms with Crippen LogP contribution in [0.1, 0.15) is 29.6 Å². The van der Waals surface area contributed by atoms with Crippen molar-refractivity contribution in [3.05, 3.63) is 63.1 Å². The molecule has 1 heterocycles. The molecule has 0 spiro atoms. The molecule has 1 unspecified atom stereocenters. The number of carbonyl (C=O) groups is 1. The normalized spacial score (nSPS) is 13.1. The smallest absolute Gasteiger partial charge is 0.315 e. The summed E-state index contributed by atoms with van der Waals surface area (Å²) >= 11 is 0. The molecule has 1 atom stereocenters.